The van der Waals surface area contributed by atoms with E-state index in [1.807, 2.05) is 19.2 Å². The number of nitrogens with zero attached hydrogens (tertiary/aromatic N) is 7. The van der Waals surface area contributed by atoms with Crippen molar-refractivity contribution in [1.82, 2.24) is 34.5 Å². The molecule has 2 fully saturated rings. The number of fused-ring (bicyclic) bond motifs is 1. The molecule has 0 saturated heterocycles. The minimum absolute atomic E-state index is 0.0146. The van der Waals surface area contributed by atoms with E-state index in [-0.39, 0.29) is 11.6 Å². The van der Waals surface area contributed by atoms with Crippen LogP contribution in [0.3, 0.4) is 0 Å². The summed E-state index contributed by atoms with van der Waals surface area (Å²) in [5, 5.41) is 3.23. The van der Waals surface area contributed by atoms with Crippen molar-refractivity contribution in [3.05, 3.63) is 58.3 Å². The summed E-state index contributed by atoms with van der Waals surface area (Å²) in [7, 11) is 0. The number of hydrogen-bond donors (Lipinski definition) is 1. The number of aromatic nitrogens is 7. The normalized spacial score (nSPS) is 16.2. The van der Waals surface area contributed by atoms with Gasteiger partial charge in [0.25, 0.3) is 5.56 Å². The van der Waals surface area contributed by atoms with Gasteiger partial charge in [0.05, 0.1) is 35.4 Å². The number of anilines is 1. The monoisotopic (exact) mass is 514 g/mol. The summed E-state index contributed by atoms with van der Waals surface area (Å²) < 4.78 is 1.80. The lowest BCUT2D eigenvalue weighted by molar-refractivity contribution is 0.482. The fourth-order valence-electron chi connectivity index (χ4n) is 4.78. The Hall–Kier alpha value is -3.40. The zero-order valence-corrected chi connectivity index (χ0v) is 22.1. The van der Waals surface area contributed by atoms with Gasteiger partial charge < -0.3 is 5.32 Å². The molecular weight excluding hydrogens is 484 g/mol. The van der Waals surface area contributed by atoms with Gasteiger partial charge in [-0.25, -0.2) is 24.9 Å². The Kier molecular flexibility index (Phi) is 6.36. The van der Waals surface area contributed by atoms with Crippen LogP contribution in [0.25, 0.3) is 22.6 Å². The van der Waals surface area contributed by atoms with Gasteiger partial charge in [-0.2, -0.15) is 0 Å². The van der Waals surface area contributed by atoms with Gasteiger partial charge in [-0.05, 0) is 63.3 Å². The number of nitrogens with one attached hydrogen (secondary N) is 1. The molecule has 2 saturated carbocycles. The summed E-state index contributed by atoms with van der Waals surface area (Å²) in [5.41, 5.74) is 4.55. The van der Waals surface area contributed by atoms with Crippen molar-refractivity contribution in [3.63, 3.8) is 0 Å². The highest BCUT2D eigenvalue weighted by molar-refractivity contribution is 7.99. The molecule has 6 rings (SSSR count). The molecule has 1 atom stereocenters. The van der Waals surface area contributed by atoms with E-state index in [9.17, 15) is 4.79 Å². The first-order valence-corrected chi connectivity index (χ1v) is 13.9. The van der Waals surface area contributed by atoms with Crippen LogP contribution in [0.5, 0.6) is 0 Å². The summed E-state index contributed by atoms with van der Waals surface area (Å²) in [6.45, 7) is 6.59. The van der Waals surface area contributed by atoms with Gasteiger partial charge in [0, 0.05) is 23.1 Å². The van der Waals surface area contributed by atoms with Crippen molar-refractivity contribution in [2.45, 2.75) is 69.9 Å². The van der Waals surface area contributed by atoms with Gasteiger partial charge >= 0.3 is 0 Å². The number of hydrogen-bond acceptors (Lipinski definition) is 9. The molecule has 4 aromatic heterocycles. The molecule has 0 unspecified atom stereocenters. The van der Waals surface area contributed by atoms with Gasteiger partial charge in [0.15, 0.2) is 17.3 Å². The lowest BCUT2D eigenvalue weighted by Gasteiger charge is -2.19. The van der Waals surface area contributed by atoms with Crippen molar-refractivity contribution < 1.29 is 0 Å². The maximum atomic E-state index is 13.7. The van der Waals surface area contributed by atoms with Gasteiger partial charge in [0.2, 0.25) is 0 Å². The Morgan fingerprint density at radius 1 is 1.08 bits per heavy atom. The molecule has 0 bridgehead atoms. The van der Waals surface area contributed by atoms with E-state index in [1.54, 1.807) is 28.9 Å². The van der Waals surface area contributed by atoms with E-state index in [2.05, 4.69) is 50.2 Å². The Balaban J connectivity index is 1.40. The molecule has 0 radical (unpaired) electrons. The molecule has 0 spiro atoms. The summed E-state index contributed by atoms with van der Waals surface area (Å²) in [4.78, 5) is 42.6. The van der Waals surface area contributed by atoms with Crippen LogP contribution in [0, 0.1) is 12.8 Å². The average molecular weight is 515 g/mol. The SMILES string of the molecule is CCSc1ccc(CNc2nc3cnc(-c4c(C)ncnc4C4CC4)nc3n([C@@H](C)C3CC3)c2=O)nc1. The van der Waals surface area contributed by atoms with E-state index in [0.717, 1.165) is 59.0 Å². The van der Waals surface area contributed by atoms with Crippen molar-refractivity contribution >= 4 is 28.7 Å². The summed E-state index contributed by atoms with van der Waals surface area (Å²) in [6, 6.07) is 4.05. The first-order valence-electron chi connectivity index (χ1n) is 13.0. The van der Waals surface area contributed by atoms with Gasteiger partial charge in [-0.15, -0.1) is 11.8 Å². The first kappa shape index (κ1) is 24.0. The highest BCUT2D eigenvalue weighted by Gasteiger charge is 2.33. The molecule has 190 valence electrons. The van der Waals surface area contributed by atoms with E-state index < -0.39 is 0 Å². The zero-order valence-electron chi connectivity index (χ0n) is 21.3. The fourth-order valence-corrected chi connectivity index (χ4v) is 5.41. The topological polar surface area (TPSA) is 111 Å². The summed E-state index contributed by atoms with van der Waals surface area (Å²) in [5.74, 6) is 2.74. The van der Waals surface area contributed by atoms with Gasteiger partial charge in [0.1, 0.15) is 11.8 Å². The molecule has 0 amide bonds. The Labute approximate surface area is 219 Å². The molecule has 0 aromatic carbocycles. The van der Waals surface area contributed by atoms with Crippen molar-refractivity contribution in [2.75, 3.05) is 11.1 Å². The smallest absolute Gasteiger partial charge is 0.295 e. The molecule has 9 nitrogen and oxygen atoms in total. The second-order valence-corrected chi connectivity index (χ2v) is 11.2. The fraction of sp³-hybridized carbons (Fsp3) is 0.444. The maximum Gasteiger partial charge on any atom is 0.295 e. The van der Waals surface area contributed by atoms with Crippen molar-refractivity contribution in [3.8, 4) is 11.4 Å². The third kappa shape index (κ3) is 4.82. The van der Waals surface area contributed by atoms with E-state index in [0.29, 0.717) is 41.2 Å². The van der Waals surface area contributed by atoms with Crippen LogP contribution in [0.2, 0.25) is 0 Å². The van der Waals surface area contributed by atoms with Crippen molar-refractivity contribution in [1.29, 1.82) is 0 Å². The first-order chi connectivity index (χ1) is 18.0. The number of rotatable bonds is 9. The van der Waals surface area contributed by atoms with Crippen molar-refractivity contribution in [2.24, 2.45) is 5.92 Å². The zero-order chi connectivity index (χ0) is 25.5. The quantitative estimate of drug-likeness (QED) is 0.311. The number of thioether (sulfide) groups is 1. The summed E-state index contributed by atoms with van der Waals surface area (Å²) in [6.07, 6.45) is 9.66. The third-order valence-electron chi connectivity index (χ3n) is 7.14. The van der Waals surface area contributed by atoms with E-state index in [4.69, 9.17) is 4.98 Å². The Morgan fingerprint density at radius 3 is 2.62 bits per heavy atom. The predicted molar refractivity (Wildman–Crippen MR) is 145 cm³/mol. The largest absolute Gasteiger partial charge is 0.360 e. The highest BCUT2D eigenvalue weighted by atomic mass is 32.2. The minimum atomic E-state index is -0.168. The average Bonchev–Trinajstić information content (AvgIpc) is 3.82. The Morgan fingerprint density at radius 2 is 1.92 bits per heavy atom. The molecule has 37 heavy (non-hydrogen) atoms. The highest BCUT2D eigenvalue weighted by Crippen LogP contribution is 2.43. The number of aryl methyl sites for hydroxylation is 1. The second kappa shape index (κ2) is 9.81. The maximum absolute atomic E-state index is 13.7. The molecule has 2 aliphatic carbocycles. The van der Waals surface area contributed by atoms with E-state index >= 15 is 0 Å². The predicted octanol–water partition coefficient (Wildman–Crippen LogP) is 4.92. The molecule has 10 heteroatoms. The second-order valence-electron chi connectivity index (χ2n) is 9.88. The van der Waals surface area contributed by atoms with Crippen LogP contribution in [-0.4, -0.2) is 40.2 Å². The van der Waals surface area contributed by atoms with Crippen LogP contribution >= 0.6 is 11.8 Å². The van der Waals surface area contributed by atoms with Crippen LogP contribution in [0.4, 0.5) is 5.82 Å². The molecule has 4 heterocycles. The molecule has 0 aliphatic heterocycles. The van der Waals surface area contributed by atoms with Crippen LogP contribution in [-0.2, 0) is 6.54 Å². The lowest BCUT2D eigenvalue weighted by atomic mass is 10.1. The lowest BCUT2D eigenvalue weighted by Crippen LogP contribution is -2.29. The third-order valence-corrected chi connectivity index (χ3v) is 8.01. The van der Waals surface area contributed by atoms with E-state index in [1.165, 1.54) is 0 Å². The minimum Gasteiger partial charge on any atom is -0.360 e. The standard InChI is InChI=1S/C27H30N8OS/c1-4-37-20-10-9-19(28-12-20)11-29-25-27(36)35(16(3)17-5-6-17)26-21(33-25)13-30-24(34-26)22-15(2)31-14-32-23(22)18-7-8-18/h9-10,12-14,16-18H,4-8,11H2,1-3H3,(H,29,33)/t16-/m0/s1. The number of pyridine rings is 1. The van der Waals surface area contributed by atoms with Crippen LogP contribution in [0.15, 0.2) is 40.5 Å². The van der Waals surface area contributed by atoms with Gasteiger partial charge in [-0.1, -0.05) is 6.92 Å². The van der Waals surface area contributed by atoms with Gasteiger partial charge in [-0.3, -0.25) is 14.3 Å². The van der Waals surface area contributed by atoms with Crippen LogP contribution in [0.1, 0.15) is 68.6 Å². The molecular formula is C27H30N8OS. The molecule has 4 aromatic rings. The Bertz CT molecular complexity index is 1510. The molecule has 2 aliphatic rings. The van der Waals surface area contributed by atoms with Crippen LogP contribution < -0.4 is 10.9 Å². The summed E-state index contributed by atoms with van der Waals surface area (Å²) >= 11 is 1.75. The molecule has 1 N–H and O–H groups in total.